The van der Waals surface area contributed by atoms with Crippen LogP contribution in [0.1, 0.15) is 30.8 Å². The zero-order valence-corrected chi connectivity index (χ0v) is 10.7. The first-order chi connectivity index (χ1) is 8.85. The van der Waals surface area contributed by atoms with Crippen LogP contribution in [-0.4, -0.2) is 28.8 Å². The molecule has 0 radical (unpaired) electrons. The van der Waals surface area contributed by atoms with Crippen LogP contribution in [0.2, 0.25) is 0 Å². The predicted octanol–water partition coefficient (Wildman–Crippen LogP) is 1.90. The minimum atomic E-state index is 0.0210. The molecular formula is C13H18N4O. The fraction of sp³-hybridized carbons (Fsp3) is 0.385. The number of benzene rings is 1. The van der Waals surface area contributed by atoms with Crippen LogP contribution in [0.25, 0.3) is 0 Å². The summed E-state index contributed by atoms with van der Waals surface area (Å²) < 4.78 is 5.56. The molecule has 1 aromatic heterocycles. The van der Waals surface area contributed by atoms with E-state index in [4.69, 9.17) is 4.74 Å². The number of nitrogens with one attached hydrogen (secondary N) is 2. The van der Waals surface area contributed by atoms with Crippen LogP contribution in [0.4, 0.5) is 0 Å². The Morgan fingerprint density at radius 3 is 2.67 bits per heavy atom. The van der Waals surface area contributed by atoms with E-state index in [2.05, 4.69) is 27.4 Å². The topological polar surface area (TPSA) is 62.8 Å². The standard InChI is InChI=1S/C13H18N4O/c1-3-8-18-11-6-4-10(5-7-11)12(14-2)13-15-9-16-17-13/h4-7,9,12,14H,3,8H2,1-2H3,(H,15,16,17). The van der Waals surface area contributed by atoms with Crippen LogP contribution in [0.15, 0.2) is 30.6 Å². The second-order valence-electron chi connectivity index (χ2n) is 4.01. The molecule has 2 rings (SSSR count). The maximum atomic E-state index is 5.56. The fourth-order valence-corrected chi connectivity index (χ4v) is 1.79. The van der Waals surface area contributed by atoms with E-state index in [0.29, 0.717) is 0 Å². The second-order valence-corrected chi connectivity index (χ2v) is 4.01. The van der Waals surface area contributed by atoms with Crippen molar-refractivity contribution in [2.24, 2.45) is 0 Å². The van der Waals surface area contributed by atoms with E-state index in [1.165, 1.54) is 6.33 Å². The van der Waals surface area contributed by atoms with E-state index >= 15 is 0 Å². The molecule has 0 aliphatic carbocycles. The molecule has 1 atom stereocenters. The van der Waals surface area contributed by atoms with E-state index in [1.54, 1.807) is 0 Å². The maximum absolute atomic E-state index is 5.56. The molecule has 5 heteroatoms. The van der Waals surface area contributed by atoms with Gasteiger partial charge < -0.3 is 10.1 Å². The first-order valence-electron chi connectivity index (χ1n) is 6.10. The molecule has 5 nitrogen and oxygen atoms in total. The first-order valence-corrected chi connectivity index (χ1v) is 6.10. The minimum absolute atomic E-state index is 0.0210. The van der Waals surface area contributed by atoms with E-state index in [9.17, 15) is 0 Å². The van der Waals surface area contributed by atoms with Crippen LogP contribution in [-0.2, 0) is 0 Å². The van der Waals surface area contributed by atoms with Gasteiger partial charge in [-0.05, 0) is 31.2 Å². The van der Waals surface area contributed by atoms with E-state index < -0.39 is 0 Å². The highest BCUT2D eigenvalue weighted by molar-refractivity contribution is 5.31. The van der Waals surface area contributed by atoms with Gasteiger partial charge in [-0.2, -0.15) is 5.10 Å². The fourth-order valence-electron chi connectivity index (χ4n) is 1.79. The molecule has 0 saturated heterocycles. The monoisotopic (exact) mass is 246 g/mol. The lowest BCUT2D eigenvalue weighted by atomic mass is 10.1. The zero-order chi connectivity index (χ0) is 12.8. The highest BCUT2D eigenvalue weighted by Gasteiger charge is 2.14. The van der Waals surface area contributed by atoms with Crippen molar-refractivity contribution in [3.05, 3.63) is 42.0 Å². The number of aromatic amines is 1. The number of hydrogen-bond donors (Lipinski definition) is 2. The number of aromatic nitrogens is 3. The van der Waals surface area contributed by atoms with Gasteiger partial charge in [0.25, 0.3) is 0 Å². The smallest absolute Gasteiger partial charge is 0.145 e. The van der Waals surface area contributed by atoms with Gasteiger partial charge in [0, 0.05) is 0 Å². The van der Waals surface area contributed by atoms with Crippen LogP contribution >= 0.6 is 0 Å². The normalized spacial score (nSPS) is 12.3. The first kappa shape index (κ1) is 12.6. The molecule has 0 aliphatic rings. The Balaban J connectivity index is 2.12. The SMILES string of the molecule is CCCOc1ccc(C(NC)c2ncn[nH]2)cc1. The summed E-state index contributed by atoms with van der Waals surface area (Å²) in [6.45, 7) is 2.84. The van der Waals surface area contributed by atoms with Gasteiger partial charge in [-0.15, -0.1) is 0 Å². The minimum Gasteiger partial charge on any atom is -0.494 e. The molecule has 0 saturated carbocycles. The largest absolute Gasteiger partial charge is 0.494 e. The Bertz CT molecular complexity index is 452. The lowest BCUT2D eigenvalue weighted by molar-refractivity contribution is 0.317. The van der Waals surface area contributed by atoms with E-state index in [-0.39, 0.29) is 6.04 Å². The van der Waals surface area contributed by atoms with Crippen molar-refractivity contribution in [3.63, 3.8) is 0 Å². The highest BCUT2D eigenvalue weighted by atomic mass is 16.5. The third kappa shape index (κ3) is 2.87. The molecule has 0 fully saturated rings. The predicted molar refractivity (Wildman–Crippen MR) is 69.5 cm³/mol. The van der Waals surface area contributed by atoms with Crippen molar-refractivity contribution in [1.29, 1.82) is 0 Å². The Morgan fingerprint density at radius 1 is 1.33 bits per heavy atom. The molecule has 1 heterocycles. The molecule has 2 aromatic rings. The second kappa shape index (κ2) is 6.16. The van der Waals surface area contributed by atoms with Gasteiger partial charge in [0.15, 0.2) is 0 Å². The zero-order valence-electron chi connectivity index (χ0n) is 10.7. The van der Waals surface area contributed by atoms with Crippen LogP contribution in [0.3, 0.4) is 0 Å². The van der Waals surface area contributed by atoms with Crippen LogP contribution in [0.5, 0.6) is 5.75 Å². The summed E-state index contributed by atoms with van der Waals surface area (Å²) in [7, 11) is 1.90. The Morgan fingerprint density at radius 2 is 2.11 bits per heavy atom. The molecule has 0 amide bonds. The quantitative estimate of drug-likeness (QED) is 0.817. The lowest BCUT2D eigenvalue weighted by Gasteiger charge is -2.14. The summed E-state index contributed by atoms with van der Waals surface area (Å²) in [6.07, 6.45) is 2.53. The molecule has 2 N–H and O–H groups in total. The average molecular weight is 246 g/mol. The van der Waals surface area contributed by atoms with Gasteiger partial charge in [-0.25, -0.2) is 4.98 Å². The lowest BCUT2D eigenvalue weighted by Crippen LogP contribution is -2.19. The van der Waals surface area contributed by atoms with E-state index in [0.717, 1.165) is 30.2 Å². The third-order valence-electron chi connectivity index (χ3n) is 2.68. The highest BCUT2D eigenvalue weighted by Crippen LogP contribution is 2.21. The number of hydrogen-bond acceptors (Lipinski definition) is 4. The number of H-pyrrole nitrogens is 1. The molecule has 1 aromatic carbocycles. The Hall–Kier alpha value is -1.88. The van der Waals surface area contributed by atoms with Gasteiger partial charge >= 0.3 is 0 Å². The molecule has 0 spiro atoms. The average Bonchev–Trinajstić information content (AvgIpc) is 2.93. The van der Waals surface area contributed by atoms with Gasteiger partial charge in [0.05, 0.1) is 12.6 Å². The van der Waals surface area contributed by atoms with E-state index in [1.807, 2.05) is 31.3 Å². The summed E-state index contributed by atoms with van der Waals surface area (Å²) in [5.41, 5.74) is 1.12. The van der Waals surface area contributed by atoms with Gasteiger partial charge in [0.1, 0.15) is 17.9 Å². The van der Waals surface area contributed by atoms with Crippen molar-refractivity contribution in [3.8, 4) is 5.75 Å². The summed E-state index contributed by atoms with van der Waals surface area (Å²) in [4.78, 5) is 4.18. The van der Waals surface area contributed by atoms with Crippen molar-refractivity contribution in [2.75, 3.05) is 13.7 Å². The molecule has 96 valence electrons. The van der Waals surface area contributed by atoms with Crippen molar-refractivity contribution in [2.45, 2.75) is 19.4 Å². The van der Waals surface area contributed by atoms with Crippen molar-refractivity contribution >= 4 is 0 Å². The number of ether oxygens (including phenoxy) is 1. The molecule has 0 aliphatic heterocycles. The van der Waals surface area contributed by atoms with Crippen molar-refractivity contribution < 1.29 is 4.74 Å². The Kier molecular flexibility index (Phi) is 4.30. The van der Waals surface area contributed by atoms with Crippen LogP contribution < -0.4 is 10.1 Å². The maximum Gasteiger partial charge on any atom is 0.145 e. The van der Waals surface area contributed by atoms with Gasteiger partial charge in [0.2, 0.25) is 0 Å². The summed E-state index contributed by atoms with van der Waals surface area (Å²) in [6, 6.07) is 8.05. The number of nitrogens with zero attached hydrogens (tertiary/aromatic N) is 2. The Labute approximate surface area is 107 Å². The van der Waals surface area contributed by atoms with Crippen molar-refractivity contribution in [1.82, 2.24) is 20.5 Å². The van der Waals surface area contributed by atoms with Gasteiger partial charge in [-0.3, -0.25) is 5.10 Å². The third-order valence-corrected chi connectivity index (χ3v) is 2.68. The number of rotatable bonds is 6. The molecule has 0 bridgehead atoms. The molecule has 1 unspecified atom stereocenters. The van der Waals surface area contributed by atoms with Crippen LogP contribution in [0, 0.1) is 0 Å². The summed E-state index contributed by atoms with van der Waals surface area (Å²) in [5, 5.41) is 9.96. The summed E-state index contributed by atoms with van der Waals surface area (Å²) in [5.74, 6) is 1.70. The molecular weight excluding hydrogens is 228 g/mol. The van der Waals surface area contributed by atoms with Gasteiger partial charge in [-0.1, -0.05) is 19.1 Å². The summed E-state index contributed by atoms with van der Waals surface area (Å²) >= 11 is 0. The molecule has 18 heavy (non-hydrogen) atoms.